The Morgan fingerprint density at radius 2 is 2.58 bits per heavy atom. The molecular formula is C8H12N4. The number of aromatic nitrogens is 2. The van der Waals surface area contributed by atoms with Gasteiger partial charge in [0.05, 0.1) is 18.1 Å². The van der Waals surface area contributed by atoms with Crippen molar-refractivity contribution < 1.29 is 0 Å². The van der Waals surface area contributed by atoms with E-state index in [-0.39, 0.29) is 6.04 Å². The fourth-order valence-electron chi connectivity index (χ4n) is 0.930. The van der Waals surface area contributed by atoms with Crippen LogP contribution >= 0.6 is 0 Å². The molecule has 64 valence electrons. The van der Waals surface area contributed by atoms with Gasteiger partial charge in [-0.05, 0) is 14.0 Å². The van der Waals surface area contributed by atoms with E-state index >= 15 is 0 Å². The number of nitriles is 1. The quantitative estimate of drug-likeness (QED) is 0.715. The monoisotopic (exact) mass is 164 g/mol. The second-order valence-electron chi connectivity index (χ2n) is 2.65. The van der Waals surface area contributed by atoms with Crippen LogP contribution in [0, 0.1) is 11.3 Å². The highest BCUT2D eigenvalue weighted by Gasteiger charge is 2.02. The molecule has 1 atom stereocenters. The van der Waals surface area contributed by atoms with Gasteiger partial charge < -0.3 is 9.88 Å². The molecule has 0 aliphatic rings. The van der Waals surface area contributed by atoms with Crippen LogP contribution in [0.25, 0.3) is 0 Å². The molecule has 0 saturated heterocycles. The number of imidazole rings is 1. The zero-order valence-corrected chi connectivity index (χ0v) is 7.28. The molecule has 1 aromatic rings. The molecule has 0 aliphatic carbocycles. The molecule has 1 heterocycles. The van der Waals surface area contributed by atoms with Crippen molar-refractivity contribution in [1.82, 2.24) is 14.9 Å². The molecule has 12 heavy (non-hydrogen) atoms. The van der Waals surface area contributed by atoms with Crippen molar-refractivity contribution in [3.63, 3.8) is 0 Å². The van der Waals surface area contributed by atoms with Crippen molar-refractivity contribution in [2.24, 2.45) is 0 Å². The van der Waals surface area contributed by atoms with Gasteiger partial charge in [0, 0.05) is 12.7 Å². The Morgan fingerprint density at radius 1 is 1.83 bits per heavy atom. The molecule has 1 N–H and O–H groups in total. The number of hydrogen-bond donors (Lipinski definition) is 1. The fraction of sp³-hybridized carbons (Fsp3) is 0.500. The molecule has 0 radical (unpaired) electrons. The van der Waals surface area contributed by atoms with Gasteiger partial charge in [0.2, 0.25) is 0 Å². The van der Waals surface area contributed by atoms with Crippen molar-refractivity contribution in [2.45, 2.75) is 19.5 Å². The molecule has 4 nitrogen and oxygen atoms in total. The summed E-state index contributed by atoms with van der Waals surface area (Å²) >= 11 is 0. The van der Waals surface area contributed by atoms with Crippen molar-refractivity contribution in [1.29, 1.82) is 5.26 Å². The van der Waals surface area contributed by atoms with Gasteiger partial charge in [-0.15, -0.1) is 0 Å². The molecule has 0 bridgehead atoms. The molecule has 0 saturated carbocycles. The van der Waals surface area contributed by atoms with Crippen LogP contribution < -0.4 is 5.32 Å². The van der Waals surface area contributed by atoms with E-state index in [2.05, 4.69) is 16.4 Å². The van der Waals surface area contributed by atoms with Gasteiger partial charge in [0.1, 0.15) is 6.04 Å². The maximum Gasteiger partial charge on any atom is 0.119 e. The van der Waals surface area contributed by atoms with Gasteiger partial charge in [-0.25, -0.2) is 4.98 Å². The first-order chi connectivity index (χ1) is 5.77. The van der Waals surface area contributed by atoms with Gasteiger partial charge in [-0.1, -0.05) is 0 Å². The summed E-state index contributed by atoms with van der Waals surface area (Å²) in [6, 6.07) is 2.00. The van der Waals surface area contributed by atoms with E-state index in [1.165, 1.54) is 0 Å². The predicted molar refractivity (Wildman–Crippen MR) is 45.3 cm³/mol. The largest absolute Gasteiger partial charge is 0.321 e. The Labute approximate surface area is 71.8 Å². The Hall–Kier alpha value is -1.34. The lowest BCUT2D eigenvalue weighted by Gasteiger charge is -2.00. The molecule has 4 heteroatoms. The van der Waals surface area contributed by atoms with E-state index in [1.54, 1.807) is 10.9 Å². The summed E-state index contributed by atoms with van der Waals surface area (Å²) in [5.41, 5.74) is 0.958. The molecule has 1 aromatic heterocycles. The van der Waals surface area contributed by atoms with E-state index in [1.807, 2.05) is 20.2 Å². The molecule has 1 rings (SSSR count). The van der Waals surface area contributed by atoms with Gasteiger partial charge >= 0.3 is 0 Å². The number of nitrogens with one attached hydrogen (secondary N) is 1. The standard InChI is InChI=1S/C8H12N4/c1-7(3-9)12-5-8(4-10-2)11-6-12/h5-7,10H,4H2,1-2H3. The second-order valence-corrected chi connectivity index (χ2v) is 2.65. The van der Waals surface area contributed by atoms with E-state index in [9.17, 15) is 0 Å². The van der Waals surface area contributed by atoms with Crippen LogP contribution in [0.15, 0.2) is 12.5 Å². The molecule has 0 amide bonds. The number of rotatable bonds is 3. The Bertz CT molecular complexity index is 283. The summed E-state index contributed by atoms with van der Waals surface area (Å²) in [7, 11) is 1.87. The highest BCUT2D eigenvalue weighted by Crippen LogP contribution is 2.04. The Morgan fingerprint density at radius 3 is 3.17 bits per heavy atom. The first kappa shape index (κ1) is 8.75. The zero-order valence-electron chi connectivity index (χ0n) is 7.28. The van der Waals surface area contributed by atoms with E-state index in [0.717, 1.165) is 12.2 Å². The highest BCUT2D eigenvalue weighted by atomic mass is 15.1. The Kier molecular flexibility index (Phi) is 2.83. The Balaban J connectivity index is 2.71. The summed E-state index contributed by atoms with van der Waals surface area (Å²) in [6.45, 7) is 2.58. The summed E-state index contributed by atoms with van der Waals surface area (Å²) in [5, 5.41) is 11.6. The average Bonchev–Trinajstić information content (AvgIpc) is 2.52. The lowest BCUT2D eigenvalue weighted by Crippen LogP contribution is -2.05. The summed E-state index contributed by atoms with van der Waals surface area (Å²) in [5.74, 6) is 0. The maximum atomic E-state index is 8.61. The fourth-order valence-corrected chi connectivity index (χ4v) is 0.930. The van der Waals surface area contributed by atoms with Crippen molar-refractivity contribution in [3.8, 4) is 6.07 Å². The van der Waals surface area contributed by atoms with Crippen molar-refractivity contribution >= 4 is 0 Å². The molecule has 0 fully saturated rings. The third-order valence-electron chi connectivity index (χ3n) is 1.65. The van der Waals surface area contributed by atoms with E-state index in [4.69, 9.17) is 5.26 Å². The molecule has 0 spiro atoms. The average molecular weight is 164 g/mol. The van der Waals surface area contributed by atoms with Crippen LogP contribution in [0.2, 0.25) is 0 Å². The predicted octanol–water partition coefficient (Wildman–Crippen LogP) is 0.687. The highest BCUT2D eigenvalue weighted by molar-refractivity contribution is 5.00. The van der Waals surface area contributed by atoms with Gasteiger partial charge in [0.15, 0.2) is 0 Å². The SMILES string of the molecule is CNCc1cn(C(C)C#N)cn1. The second kappa shape index (κ2) is 3.88. The van der Waals surface area contributed by atoms with Crippen LogP contribution in [0.1, 0.15) is 18.7 Å². The minimum Gasteiger partial charge on any atom is -0.321 e. The third kappa shape index (κ3) is 1.83. The van der Waals surface area contributed by atoms with Crippen molar-refractivity contribution in [3.05, 3.63) is 18.2 Å². The third-order valence-corrected chi connectivity index (χ3v) is 1.65. The van der Waals surface area contributed by atoms with Crippen LogP contribution in [0.4, 0.5) is 0 Å². The van der Waals surface area contributed by atoms with E-state index < -0.39 is 0 Å². The molecule has 1 unspecified atom stereocenters. The molecule has 0 aliphatic heterocycles. The van der Waals surface area contributed by atoms with Crippen molar-refractivity contribution in [2.75, 3.05) is 7.05 Å². The minimum absolute atomic E-state index is 0.136. The molecule has 0 aromatic carbocycles. The van der Waals surface area contributed by atoms with Crippen LogP contribution in [-0.2, 0) is 6.54 Å². The smallest absolute Gasteiger partial charge is 0.119 e. The lowest BCUT2D eigenvalue weighted by atomic mass is 10.4. The van der Waals surface area contributed by atoms with Gasteiger partial charge in [-0.3, -0.25) is 0 Å². The zero-order chi connectivity index (χ0) is 8.97. The van der Waals surface area contributed by atoms with E-state index in [0.29, 0.717) is 0 Å². The lowest BCUT2D eigenvalue weighted by molar-refractivity contribution is 0.670. The summed E-state index contributed by atoms with van der Waals surface area (Å²) < 4.78 is 1.80. The summed E-state index contributed by atoms with van der Waals surface area (Å²) in [4.78, 5) is 4.12. The number of hydrogen-bond acceptors (Lipinski definition) is 3. The van der Waals surface area contributed by atoms with Crippen LogP contribution in [-0.4, -0.2) is 16.6 Å². The minimum atomic E-state index is -0.136. The number of nitrogens with zero attached hydrogens (tertiary/aromatic N) is 3. The first-order valence-electron chi connectivity index (χ1n) is 3.84. The maximum absolute atomic E-state index is 8.61. The van der Waals surface area contributed by atoms with Crippen LogP contribution in [0.5, 0.6) is 0 Å². The van der Waals surface area contributed by atoms with Gasteiger partial charge in [0.25, 0.3) is 0 Å². The molecular weight excluding hydrogens is 152 g/mol. The normalized spacial score (nSPS) is 12.4. The first-order valence-corrected chi connectivity index (χ1v) is 3.84. The van der Waals surface area contributed by atoms with Gasteiger partial charge in [-0.2, -0.15) is 5.26 Å². The van der Waals surface area contributed by atoms with Crippen LogP contribution in [0.3, 0.4) is 0 Å². The topological polar surface area (TPSA) is 53.6 Å². The summed E-state index contributed by atoms with van der Waals surface area (Å²) in [6.07, 6.45) is 3.56.